The molecular weight excluding hydrogens is 498 g/mol. The molecule has 4 aromatic rings. The Morgan fingerprint density at radius 1 is 1.00 bits per heavy atom. The summed E-state index contributed by atoms with van der Waals surface area (Å²) in [5, 5.41) is 12.5. The fraction of sp³-hybridized carbons (Fsp3) is 0.303. The van der Waals surface area contributed by atoms with Crippen molar-refractivity contribution in [3.63, 3.8) is 0 Å². The molecule has 3 heterocycles. The normalized spacial score (nSPS) is 20.6. The predicted octanol–water partition coefficient (Wildman–Crippen LogP) is 5.82. The van der Waals surface area contributed by atoms with Crippen LogP contribution in [0, 0.1) is 11.8 Å². The summed E-state index contributed by atoms with van der Waals surface area (Å²) in [7, 11) is 0. The van der Waals surface area contributed by atoms with E-state index in [1.165, 1.54) is 5.56 Å². The highest BCUT2D eigenvalue weighted by molar-refractivity contribution is 5.98. The van der Waals surface area contributed by atoms with E-state index in [9.17, 15) is 4.79 Å². The number of carbonyl (C=O) groups excluding carboxylic acids is 1. The van der Waals surface area contributed by atoms with E-state index in [0.29, 0.717) is 35.1 Å². The molecule has 7 heteroatoms. The van der Waals surface area contributed by atoms with E-state index in [1.807, 2.05) is 60.4 Å². The Labute approximate surface area is 234 Å². The van der Waals surface area contributed by atoms with Gasteiger partial charge in [0.05, 0.1) is 12.1 Å². The highest BCUT2D eigenvalue weighted by Crippen LogP contribution is 2.38. The van der Waals surface area contributed by atoms with Gasteiger partial charge in [0, 0.05) is 34.8 Å². The van der Waals surface area contributed by atoms with Crippen LogP contribution < -0.4 is 11.1 Å². The van der Waals surface area contributed by atoms with Gasteiger partial charge in [-0.25, -0.2) is 0 Å². The van der Waals surface area contributed by atoms with Crippen molar-refractivity contribution in [2.45, 2.75) is 50.6 Å². The summed E-state index contributed by atoms with van der Waals surface area (Å²) < 4.78 is 6.34. The van der Waals surface area contributed by atoms with Crippen LogP contribution in [-0.4, -0.2) is 40.1 Å². The summed E-state index contributed by atoms with van der Waals surface area (Å²) in [5.41, 5.74) is 11.2. The van der Waals surface area contributed by atoms with Crippen LogP contribution >= 0.6 is 0 Å². The number of benzene rings is 3. The summed E-state index contributed by atoms with van der Waals surface area (Å²) in [6.45, 7) is 3.39. The number of nitrogen functional groups attached to an aromatic ring is 1. The molecule has 0 radical (unpaired) electrons. The second kappa shape index (κ2) is 11.4. The molecule has 2 saturated heterocycles. The number of nitrogens with two attached hydrogens (primary N) is 1. The number of rotatable bonds is 5. The molecule has 1 amide bonds. The zero-order chi connectivity index (χ0) is 27.5. The molecule has 0 saturated carbocycles. The maximum atomic E-state index is 13.8. The third kappa shape index (κ3) is 5.11. The van der Waals surface area contributed by atoms with E-state index in [2.05, 4.69) is 51.6 Å². The second-order valence-electron chi connectivity index (χ2n) is 10.5. The monoisotopic (exact) mass is 531 g/mol. The van der Waals surface area contributed by atoms with Crippen molar-refractivity contribution in [1.82, 2.24) is 20.4 Å². The van der Waals surface area contributed by atoms with Crippen LogP contribution in [0.4, 0.5) is 5.69 Å². The van der Waals surface area contributed by atoms with Gasteiger partial charge in [-0.1, -0.05) is 54.5 Å². The van der Waals surface area contributed by atoms with Crippen molar-refractivity contribution in [1.29, 1.82) is 0 Å². The number of likely N-dealkylation sites (tertiary alicyclic amines) is 1. The van der Waals surface area contributed by atoms with Crippen LogP contribution in [0.5, 0.6) is 0 Å². The summed E-state index contributed by atoms with van der Waals surface area (Å²) in [4.78, 5) is 15.7. The molecule has 3 atom stereocenters. The summed E-state index contributed by atoms with van der Waals surface area (Å²) in [5.74, 6) is 7.29. The van der Waals surface area contributed by atoms with Crippen molar-refractivity contribution in [3.8, 4) is 34.4 Å². The topological polar surface area (TPSA) is 97.3 Å². The van der Waals surface area contributed by atoms with Crippen LogP contribution in [0.3, 0.4) is 0 Å². The number of nitrogens with zero attached hydrogens (tertiary/aromatic N) is 3. The van der Waals surface area contributed by atoms with Crippen LogP contribution in [-0.2, 0) is 0 Å². The average Bonchev–Trinajstić information content (AvgIpc) is 3.68. The van der Waals surface area contributed by atoms with E-state index >= 15 is 0 Å². The quantitative estimate of drug-likeness (QED) is 0.249. The molecule has 40 heavy (non-hydrogen) atoms. The predicted molar refractivity (Wildman–Crippen MR) is 156 cm³/mol. The third-order valence-electron chi connectivity index (χ3n) is 7.92. The van der Waals surface area contributed by atoms with Crippen LogP contribution in [0.25, 0.3) is 22.6 Å². The molecule has 0 spiro atoms. The van der Waals surface area contributed by atoms with E-state index in [0.717, 1.165) is 43.4 Å². The second-order valence-corrected chi connectivity index (χ2v) is 10.5. The molecule has 7 nitrogen and oxygen atoms in total. The molecule has 6 rings (SSSR count). The van der Waals surface area contributed by atoms with Crippen molar-refractivity contribution in [3.05, 3.63) is 89.8 Å². The summed E-state index contributed by atoms with van der Waals surface area (Å²) in [6.07, 6.45) is 3.95. The smallest absolute Gasteiger partial charge is 0.254 e. The lowest BCUT2D eigenvalue weighted by atomic mass is 9.85. The maximum absolute atomic E-state index is 13.8. The number of carbonyl (C=O) groups is 1. The molecule has 0 bridgehead atoms. The number of piperidine rings is 1. The van der Waals surface area contributed by atoms with Gasteiger partial charge in [0.2, 0.25) is 11.8 Å². The van der Waals surface area contributed by atoms with Crippen LogP contribution in [0.15, 0.2) is 77.2 Å². The molecule has 0 aliphatic carbocycles. The standard InChI is InChI=1S/C33H33N5O2/c1-2-10-26-13-9-18-38(26)33(39)25-20-23(27-14-6-7-16-29(27)34)19-24(21-25)31-36-37-32(40-31)30-28(15-8-17-35-30)22-11-4-3-5-12-22/h3-7,11-12,14,16,19-21,26,28,30,35H,8-9,13,15,17-18,34H2,1H3/t26-,28?,30?/m0/s1. The zero-order valence-corrected chi connectivity index (χ0v) is 22.6. The van der Waals surface area contributed by atoms with Crippen LogP contribution in [0.1, 0.15) is 66.4 Å². The number of anilines is 1. The molecule has 2 aliphatic rings. The minimum atomic E-state index is -0.0792. The van der Waals surface area contributed by atoms with E-state index in [-0.39, 0.29) is 23.9 Å². The first-order valence-electron chi connectivity index (χ1n) is 14.0. The molecule has 202 valence electrons. The highest BCUT2D eigenvalue weighted by atomic mass is 16.4. The van der Waals surface area contributed by atoms with Gasteiger partial charge in [0.15, 0.2) is 0 Å². The first kappa shape index (κ1) is 25.8. The van der Waals surface area contributed by atoms with Gasteiger partial charge >= 0.3 is 0 Å². The molecule has 2 fully saturated rings. The minimum absolute atomic E-state index is 0.0549. The number of nitrogens with one attached hydrogen (secondary N) is 1. The lowest BCUT2D eigenvalue weighted by Crippen LogP contribution is -2.34. The highest BCUT2D eigenvalue weighted by Gasteiger charge is 2.32. The van der Waals surface area contributed by atoms with Crippen molar-refractivity contribution >= 4 is 11.6 Å². The lowest BCUT2D eigenvalue weighted by Gasteiger charge is -2.30. The molecule has 3 N–H and O–H groups in total. The Hall–Kier alpha value is -4.41. The van der Waals surface area contributed by atoms with Crippen molar-refractivity contribution < 1.29 is 9.21 Å². The van der Waals surface area contributed by atoms with Gasteiger partial charge < -0.3 is 20.4 Å². The van der Waals surface area contributed by atoms with E-state index < -0.39 is 0 Å². The molecule has 3 aromatic carbocycles. The van der Waals surface area contributed by atoms with Gasteiger partial charge in [-0.2, -0.15) is 0 Å². The molecule has 2 unspecified atom stereocenters. The number of para-hydroxylation sites is 1. The van der Waals surface area contributed by atoms with E-state index in [1.54, 1.807) is 0 Å². The third-order valence-corrected chi connectivity index (χ3v) is 7.92. The Morgan fingerprint density at radius 2 is 1.80 bits per heavy atom. The first-order valence-corrected chi connectivity index (χ1v) is 14.0. The number of hydrogen-bond donors (Lipinski definition) is 2. The lowest BCUT2D eigenvalue weighted by molar-refractivity contribution is 0.0766. The Kier molecular flexibility index (Phi) is 7.35. The van der Waals surface area contributed by atoms with Gasteiger partial charge in [-0.15, -0.1) is 16.1 Å². The Balaban J connectivity index is 1.39. The zero-order valence-electron chi connectivity index (χ0n) is 22.6. The van der Waals surface area contributed by atoms with Crippen LogP contribution in [0.2, 0.25) is 0 Å². The maximum Gasteiger partial charge on any atom is 0.254 e. The number of hydrogen-bond acceptors (Lipinski definition) is 6. The molecule has 1 aromatic heterocycles. The molecular formula is C33H33N5O2. The van der Waals surface area contributed by atoms with Gasteiger partial charge in [-0.05, 0) is 74.5 Å². The van der Waals surface area contributed by atoms with Crippen molar-refractivity contribution in [2.24, 2.45) is 0 Å². The Morgan fingerprint density at radius 3 is 2.62 bits per heavy atom. The number of amides is 1. The molecule has 2 aliphatic heterocycles. The largest absolute Gasteiger partial charge is 0.419 e. The van der Waals surface area contributed by atoms with E-state index in [4.69, 9.17) is 10.2 Å². The Bertz CT molecular complexity index is 1570. The fourth-order valence-electron chi connectivity index (χ4n) is 5.97. The minimum Gasteiger partial charge on any atom is -0.419 e. The average molecular weight is 532 g/mol. The van der Waals surface area contributed by atoms with Gasteiger partial charge in [0.1, 0.15) is 0 Å². The van der Waals surface area contributed by atoms with Crippen molar-refractivity contribution in [2.75, 3.05) is 18.8 Å². The SMILES string of the molecule is CC#C[C@H]1CCCN1C(=O)c1cc(-c2nnc(C3NCCCC3c3ccccc3)o2)cc(-c2ccccc2N)c1. The first-order chi connectivity index (χ1) is 19.6. The number of aromatic nitrogens is 2. The van der Waals surface area contributed by atoms with Gasteiger partial charge in [0.25, 0.3) is 5.91 Å². The summed E-state index contributed by atoms with van der Waals surface area (Å²) in [6, 6.07) is 23.7. The van der Waals surface area contributed by atoms with Gasteiger partial charge in [-0.3, -0.25) is 4.79 Å². The summed E-state index contributed by atoms with van der Waals surface area (Å²) >= 11 is 0. The fourth-order valence-corrected chi connectivity index (χ4v) is 5.97.